The Labute approximate surface area is 77.5 Å². The lowest BCUT2D eigenvalue weighted by molar-refractivity contribution is -0.142. The topological polar surface area (TPSA) is 92.8 Å². The zero-order chi connectivity index (χ0) is 10.4. The first kappa shape index (κ1) is 12.3. The van der Waals surface area contributed by atoms with Crippen LogP contribution in [0.25, 0.3) is 0 Å². The van der Waals surface area contributed by atoms with E-state index in [1.165, 1.54) is 7.11 Å². The number of hydrogen-bond acceptors (Lipinski definition) is 4. The average molecular weight is 191 g/mol. The average Bonchev–Trinajstić information content (AvgIpc) is 2.11. The predicted molar refractivity (Wildman–Crippen MR) is 47.3 cm³/mol. The molecule has 0 fully saturated rings. The zero-order valence-electron chi connectivity index (χ0n) is 7.93. The standard InChI is InChI=1S/C8H17NO4/c1-3-6(10)5(4-13-2)7(9)8(11)12/h5-7,10H,3-4,9H2,1-2H3,(H,11,12)/t5-,6+,7-/m0/s1. The minimum absolute atomic E-state index is 0.155. The molecule has 0 aliphatic heterocycles. The molecule has 0 aromatic carbocycles. The minimum Gasteiger partial charge on any atom is -0.480 e. The van der Waals surface area contributed by atoms with Crippen LogP contribution in [-0.4, -0.2) is 42.0 Å². The molecule has 0 unspecified atom stereocenters. The highest BCUT2D eigenvalue weighted by molar-refractivity contribution is 5.73. The van der Waals surface area contributed by atoms with Crippen molar-refractivity contribution in [1.82, 2.24) is 0 Å². The molecule has 13 heavy (non-hydrogen) atoms. The van der Waals surface area contributed by atoms with E-state index in [0.29, 0.717) is 6.42 Å². The van der Waals surface area contributed by atoms with E-state index in [0.717, 1.165) is 0 Å². The van der Waals surface area contributed by atoms with Crippen molar-refractivity contribution in [2.24, 2.45) is 11.7 Å². The largest absolute Gasteiger partial charge is 0.480 e. The summed E-state index contributed by atoms with van der Waals surface area (Å²) in [5, 5.41) is 18.1. The number of nitrogens with two attached hydrogens (primary N) is 1. The summed E-state index contributed by atoms with van der Waals surface area (Å²) in [5.74, 6) is -1.66. The van der Waals surface area contributed by atoms with E-state index in [2.05, 4.69) is 0 Å². The van der Waals surface area contributed by atoms with Gasteiger partial charge in [0.1, 0.15) is 6.04 Å². The Balaban J connectivity index is 4.30. The molecular weight excluding hydrogens is 174 g/mol. The first-order valence-corrected chi connectivity index (χ1v) is 4.20. The van der Waals surface area contributed by atoms with Gasteiger partial charge in [-0.2, -0.15) is 0 Å². The number of rotatable bonds is 6. The maximum absolute atomic E-state index is 10.5. The van der Waals surface area contributed by atoms with Gasteiger partial charge in [-0.3, -0.25) is 4.79 Å². The van der Waals surface area contributed by atoms with Crippen LogP contribution in [0.2, 0.25) is 0 Å². The first-order valence-electron chi connectivity index (χ1n) is 4.20. The number of aliphatic hydroxyl groups is 1. The van der Waals surface area contributed by atoms with Crippen LogP contribution in [0.1, 0.15) is 13.3 Å². The number of carbonyl (C=O) groups is 1. The van der Waals surface area contributed by atoms with Crippen LogP contribution < -0.4 is 5.73 Å². The van der Waals surface area contributed by atoms with Gasteiger partial charge in [-0.15, -0.1) is 0 Å². The molecule has 0 saturated carbocycles. The quantitative estimate of drug-likeness (QED) is 0.523. The predicted octanol–water partition coefficient (Wildman–Crippen LogP) is -0.568. The second kappa shape index (κ2) is 5.90. The zero-order valence-corrected chi connectivity index (χ0v) is 7.93. The van der Waals surface area contributed by atoms with Gasteiger partial charge in [-0.1, -0.05) is 6.92 Å². The molecule has 0 aliphatic rings. The normalized spacial score (nSPS) is 17.8. The van der Waals surface area contributed by atoms with Gasteiger partial charge in [0.2, 0.25) is 0 Å². The van der Waals surface area contributed by atoms with E-state index < -0.39 is 24.0 Å². The van der Waals surface area contributed by atoms with E-state index in [9.17, 15) is 9.90 Å². The molecule has 78 valence electrons. The fourth-order valence-corrected chi connectivity index (χ4v) is 1.13. The minimum atomic E-state index is -1.12. The Hall–Kier alpha value is -0.650. The van der Waals surface area contributed by atoms with Crippen LogP contribution in [-0.2, 0) is 9.53 Å². The molecule has 0 rings (SSSR count). The summed E-state index contributed by atoms with van der Waals surface area (Å²) >= 11 is 0. The van der Waals surface area contributed by atoms with Gasteiger partial charge >= 0.3 is 5.97 Å². The van der Waals surface area contributed by atoms with Crippen LogP contribution >= 0.6 is 0 Å². The number of methoxy groups -OCH3 is 1. The fourth-order valence-electron chi connectivity index (χ4n) is 1.13. The lowest BCUT2D eigenvalue weighted by atomic mass is 9.93. The number of aliphatic carboxylic acids is 1. The van der Waals surface area contributed by atoms with Crippen molar-refractivity contribution in [3.05, 3.63) is 0 Å². The smallest absolute Gasteiger partial charge is 0.320 e. The third kappa shape index (κ3) is 3.71. The van der Waals surface area contributed by atoms with Crippen LogP contribution in [0.5, 0.6) is 0 Å². The SMILES string of the molecule is CC[C@@H](O)[C@H](COC)[C@H](N)C(=O)O. The summed E-state index contributed by atoms with van der Waals surface area (Å²) in [6.07, 6.45) is -0.263. The maximum atomic E-state index is 10.5. The number of carboxylic acid groups (broad SMARTS) is 1. The monoisotopic (exact) mass is 191 g/mol. The van der Waals surface area contributed by atoms with Crippen LogP contribution in [0.15, 0.2) is 0 Å². The van der Waals surface area contributed by atoms with Crippen LogP contribution in [0.4, 0.5) is 0 Å². The molecule has 0 heterocycles. The van der Waals surface area contributed by atoms with Gasteiger partial charge in [0.15, 0.2) is 0 Å². The van der Waals surface area contributed by atoms with Crippen molar-refractivity contribution in [3.63, 3.8) is 0 Å². The molecule has 0 amide bonds. The van der Waals surface area contributed by atoms with Gasteiger partial charge < -0.3 is 20.7 Å². The number of carboxylic acids is 1. The highest BCUT2D eigenvalue weighted by Crippen LogP contribution is 2.11. The molecule has 0 aliphatic carbocycles. The molecule has 0 saturated heterocycles. The third-order valence-corrected chi connectivity index (χ3v) is 2.02. The van der Waals surface area contributed by atoms with Crippen molar-refractivity contribution in [1.29, 1.82) is 0 Å². The molecule has 0 bridgehead atoms. The summed E-state index contributed by atoms with van der Waals surface area (Å²) in [4.78, 5) is 10.5. The van der Waals surface area contributed by atoms with E-state index in [4.69, 9.17) is 15.6 Å². The highest BCUT2D eigenvalue weighted by atomic mass is 16.5. The molecule has 0 aromatic rings. The number of aliphatic hydroxyl groups excluding tert-OH is 1. The maximum Gasteiger partial charge on any atom is 0.320 e. The Morgan fingerprint density at radius 3 is 2.46 bits per heavy atom. The lowest BCUT2D eigenvalue weighted by Gasteiger charge is -2.24. The van der Waals surface area contributed by atoms with Gasteiger partial charge in [0, 0.05) is 13.0 Å². The molecule has 4 N–H and O–H groups in total. The van der Waals surface area contributed by atoms with Crippen molar-refractivity contribution < 1.29 is 19.7 Å². The molecule has 0 aromatic heterocycles. The molecule has 0 radical (unpaired) electrons. The van der Waals surface area contributed by atoms with Crippen molar-refractivity contribution in [3.8, 4) is 0 Å². The summed E-state index contributed by atoms with van der Waals surface area (Å²) in [7, 11) is 1.45. The third-order valence-electron chi connectivity index (χ3n) is 2.02. The highest BCUT2D eigenvalue weighted by Gasteiger charge is 2.29. The van der Waals surface area contributed by atoms with E-state index in [1.54, 1.807) is 6.92 Å². The lowest BCUT2D eigenvalue weighted by Crippen LogP contribution is -2.45. The fraction of sp³-hybridized carbons (Fsp3) is 0.875. The number of ether oxygens (including phenoxy) is 1. The van der Waals surface area contributed by atoms with Gasteiger partial charge in [-0.05, 0) is 6.42 Å². The van der Waals surface area contributed by atoms with Crippen molar-refractivity contribution in [2.45, 2.75) is 25.5 Å². The molecule has 3 atom stereocenters. The van der Waals surface area contributed by atoms with Gasteiger partial charge in [-0.25, -0.2) is 0 Å². The Morgan fingerprint density at radius 2 is 2.15 bits per heavy atom. The molecular formula is C8H17NO4. The van der Waals surface area contributed by atoms with E-state index >= 15 is 0 Å². The van der Waals surface area contributed by atoms with Crippen molar-refractivity contribution in [2.75, 3.05) is 13.7 Å². The first-order chi connectivity index (χ1) is 6.04. The second-order valence-corrected chi connectivity index (χ2v) is 2.96. The van der Waals surface area contributed by atoms with Crippen LogP contribution in [0.3, 0.4) is 0 Å². The van der Waals surface area contributed by atoms with E-state index in [-0.39, 0.29) is 6.61 Å². The Bertz CT molecular complexity index is 162. The second-order valence-electron chi connectivity index (χ2n) is 2.96. The van der Waals surface area contributed by atoms with E-state index in [1.807, 2.05) is 0 Å². The van der Waals surface area contributed by atoms with Crippen LogP contribution in [0, 0.1) is 5.92 Å². The molecule has 5 nitrogen and oxygen atoms in total. The summed E-state index contributed by atoms with van der Waals surface area (Å²) < 4.78 is 4.79. The Morgan fingerprint density at radius 1 is 1.62 bits per heavy atom. The Kier molecular flexibility index (Phi) is 5.61. The van der Waals surface area contributed by atoms with Gasteiger partial charge in [0.05, 0.1) is 12.7 Å². The number of hydrogen-bond donors (Lipinski definition) is 3. The van der Waals surface area contributed by atoms with Crippen molar-refractivity contribution >= 4 is 5.97 Å². The summed E-state index contributed by atoms with van der Waals surface area (Å²) in [6.45, 7) is 1.92. The molecule has 0 spiro atoms. The summed E-state index contributed by atoms with van der Waals surface area (Å²) in [6, 6.07) is -1.07. The van der Waals surface area contributed by atoms with Gasteiger partial charge in [0.25, 0.3) is 0 Å². The summed E-state index contributed by atoms with van der Waals surface area (Å²) in [5.41, 5.74) is 5.38. The molecule has 5 heteroatoms.